The van der Waals surface area contributed by atoms with Crippen LogP contribution in [0, 0.1) is 13.8 Å². The summed E-state index contributed by atoms with van der Waals surface area (Å²) in [4.78, 5) is 4.86. The van der Waals surface area contributed by atoms with Crippen LogP contribution in [0.4, 0.5) is 0 Å². The van der Waals surface area contributed by atoms with Crippen molar-refractivity contribution < 1.29 is 9.47 Å². The molecular formula is C28H53N3O2. The van der Waals surface area contributed by atoms with Crippen molar-refractivity contribution in [2.75, 3.05) is 53.4 Å². The SMILES string of the molecule is Cc1cc(C(C)OC(C)(C)C)c(C)cc1OCCCCCN(C)CCCCN(C)CCCN. The first kappa shape index (κ1) is 29.9. The molecule has 192 valence electrons. The lowest BCUT2D eigenvalue weighted by molar-refractivity contribution is -0.0532. The molecule has 1 aromatic rings. The summed E-state index contributed by atoms with van der Waals surface area (Å²) in [6.45, 7) is 18.9. The van der Waals surface area contributed by atoms with Gasteiger partial charge in [-0.3, -0.25) is 0 Å². The van der Waals surface area contributed by atoms with Gasteiger partial charge in [-0.15, -0.1) is 0 Å². The summed E-state index contributed by atoms with van der Waals surface area (Å²) in [6, 6.07) is 4.40. The van der Waals surface area contributed by atoms with Gasteiger partial charge in [0.05, 0.1) is 18.3 Å². The number of aryl methyl sites for hydroxylation is 2. The standard InChI is InChI=1S/C28H53N3O2/c1-23-22-27(24(2)21-26(23)25(3)33-28(4,5)6)32-20-13-9-10-16-30(7)17-11-12-18-31(8)19-14-15-29/h21-22,25H,9-20,29H2,1-8H3. The molecule has 0 fully saturated rings. The molecule has 0 aromatic heterocycles. The van der Waals surface area contributed by atoms with Crippen molar-refractivity contribution >= 4 is 0 Å². The van der Waals surface area contributed by atoms with Gasteiger partial charge >= 0.3 is 0 Å². The van der Waals surface area contributed by atoms with Crippen molar-refractivity contribution in [1.82, 2.24) is 9.80 Å². The average Bonchev–Trinajstić information content (AvgIpc) is 2.72. The Balaban J connectivity index is 2.23. The number of hydrogen-bond acceptors (Lipinski definition) is 5. The zero-order valence-corrected chi connectivity index (χ0v) is 23.0. The van der Waals surface area contributed by atoms with Crippen LogP contribution in [0.1, 0.15) is 89.0 Å². The Bertz CT molecular complexity index is 657. The molecule has 0 aliphatic rings. The van der Waals surface area contributed by atoms with Gasteiger partial charge in [0.1, 0.15) is 5.75 Å². The van der Waals surface area contributed by atoms with E-state index >= 15 is 0 Å². The highest BCUT2D eigenvalue weighted by atomic mass is 16.5. The molecule has 1 aromatic carbocycles. The van der Waals surface area contributed by atoms with Crippen LogP contribution < -0.4 is 10.5 Å². The topological polar surface area (TPSA) is 51.0 Å². The fraction of sp³-hybridized carbons (Fsp3) is 0.786. The molecule has 0 bridgehead atoms. The van der Waals surface area contributed by atoms with Gasteiger partial charge < -0.3 is 25.0 Å². The van der Waals surface area contributed by atoms with Gasteiger partial charge in [0.25, 0.3) is 0 Å². The van der Waals surface area contributed by atoms with Crippen LogP contribution in [0.3, 0.4) is 0 Å². The van der Waals surface area contributed by atoms with E-state index in [1.807, 2.05) is 0 Å². The van der Waals surface area contributed by atoms with E-state index in [1.165, 1.54) is 62.0 Å². The van der Waals surface area contributed by atoms with Gasteiger partial charge in [-0.25, -0.2) is 0 Å². The maximum Gasteiger partial charge on any atom is 0.122 e. The maximum absolute atomic E-state index is 6.15. The largest absolute Gasteiger partial charge is 0.493 e. The predicted molar refractivity (Wildman–Crippen MR) is 142 cm³/mol. The fourth-order valence-electron chi connectivity index (χ4n) is 4.19. The third kappa shape index (κ3) is 13.4. The monoisotopic (exact) mass is 463 g/mol. The second-order valence-electron chi connectivity index (χ2n) is 10.7. The molecule has 5 heteroatoms. The lowest BCUT2D eigenvalue weighted by Gasteiger charge is -2.27. The van der Waals surface area contributed by atoms with E-state index in [1.54, 1.807) is 0 Å². The molecule has 0 saturated carbocycles. The Kier molecular flexibility index (Phi) is 14.2. The molecule has 33 heavy (non-hydrogen) atoms. The number of hydrogen-bond donors (Lipinski definition) is 1. The van der Waals surface area contributed by atoms with E-state index in [0.717, 1.165) is 38.3 Å². The summed E-state index contributed by atoms with van der Waals surface area (Å²) in [5.74, 6) is 1.01. The van der Waals surface area contributed by atoms with E-state index in [9.17, 15) is 0 Å². The number of benzene rings is 1. The molecule has 0 heterocycles. The number of unbranched alkanes of at least 4 members (excludes halogenated alkanes) is 3. The molecule has 0 aliphatic heterocycles. The number of nitrogens with zero attached hydrogens (tertiary/aromatic N) is 2. The zero-order valence-electron chi connectivity index (χ0n) is 23.0. The van der Waals surface area contributed by atoms with Crippen molar-refractivity contribution in [3.63, 3.8) is 0 Å². The second kappa shape index (κ2) is 15.7. The average molecular weight is 464 g/mol. The normalized spacial score (nSPS) is 13.2. The lowest BCUT2D eigenvalue weighted by atomic mass is 10.00. The van der Waals surface area contributed by atoms with Gasteiger partial charge in [-0.1, -0.05) is 0 Å². The summed E-state index contributed by atoms with van der Waals surface area (Å²) in [5, 5.41) is 0. The van der Waals surface area contributed by atoms with Crippen LogP contribution >= 0.6 is 0 Å². The molecule has 0 radical (unpaired) electrons. The van der Waals surface area contributed by atoms with Crippen molar-refractivity contribution in [2.24, 2.45) is 5.73 Å². The minimum atomic E-state index is -0.149. The van der Waals surface area contributed by atoms with E-state index in [0.29, 0.717) is 0 Å². The number of ether oxygens (including phenoxy) is 2. The number of rotatable bonds is 17. The summed E-state index contributed by atoms with van der Waals surface area (Å²) < 4.78 is 12.3. The third-order valence-electron chi connectivity index (χ3n) is 6.05. The summed E-state index contributed by atoms with van der Waals surface area (Å²) >= 11 is 0. The molecule has 5 nitrogen and oxygen atoms in total. The first-order chi connectivity index (χ1) is 15.5. The predicted octanol–water partition coefficient (Wildman–Crippen LogP) is 5.72. The third-order valence-corrected chi connectivity index (χ3v) is 6.05. The Morgan fingerprint density at radius 1 is 0.818 bits per heavy atom. The van der Waals surface area contributed by atoms with Crippen LogP contribution in [0.5, 0.6) is 5.75 Å². The van der Waals surface area contributed by atoms with Crippen molar-refractivity contribution in [3.8, 4) is 5.75 Å². The smallest absolute Gasteiger partial charge is 0.122 e. The molecule has 1 unspecified atom stereocenters. The molecule has 1 atom stereocenters. The first-order valence-corrected chi connectivity index (χ1v) is 13.0. The van der Waals surface area contributed by atoms with Crippen LogP contribution in [-0.2, 0) is 4.74 Å². The zero-order chi connectivity index (χ0) is 24.9. The molecule has 1 rings (SSSR count). The molecular weight excluding hydrogens is 410 g/mol. The van der Waals surface area contributed by atoms with Crippen molar-refractivity contribution in [1.29, 1.82) is 0 Å². The highest BCUT2D eigenvalue weighted by Crippen LogP contribution is 2.31. The first-order valence-electron chi connectivity index (χ1n) is 13.0. The minimum Gasteiger partial charge on any atom is -0.493 e. The fourth-order valence-corrected chi connectivity index (χ4v) is 4.19. The Labute approximate surface area is 205 Å². The summed E-state index contributed by atoms with van der Waals surface area (Å²) in [5.41, 5.74) is 9.10. The molecule has 0 aliphatic carbocycles. The quantitative estimate of drug-likeness (QED) is 0.299. The van der Waals surface area contributed by atoms with E-state index < -0.39 is 0 Å². The lowest BCUT2D eigenvalue weighted by Crippen LogP contribution is -2.25. The van der Waals surface area contributed by atoms with Crippen LogP contribution in [0.25, 0.3) is 0 Å². The summed E-state index contributed by atoms with van der Waals surface area (Å²) in [7, 11) is 4.44. The van der Waals surface area contributed by atoms with Gasteiger partial charge in [0.2, 0.25) is 0 Å². The molecule has 0 amide bonds. The molecule has 0 saturated heterocycles. The molecule has 2 N–H and O–H groups in total. The number of nitrogens with two attached hydrogens (primary N) is 1. The molecule has 0 spiro atoms. The maximum atomic E-state index is 6.15. The second-order valence-corrected chi connectivity index (χ2v) is 10.7. The van der Waals surface area contributed by atoms with Gasteiger partial charge in [0.15, 0.2) is 0 Å². The Morgan fingerprint density at radius 3 is 1.91 bits per heavy atom. The highest BCUT2D eigenvalue weighted by molar-refractivity contribution is 5.42. The van der Waals surface area contributed by atoms with Crippen LogP contribution in [0.2, 0.25) is 0 Å². The Morgan fingerprint density at radius 2 is 1.36 bits per heavy atom. The van der Waals surface area contributed by atoms with Gasteiger partial charge in [-0.05, 0) is 156 Å². The van der Waals surface area contributed by atoms with Gasteiger partial charge in [0, 0.05) is 0 Å². The van der Waals surface area contributed by atoms with E-state index in [4.69, 9.17) is 15.2 Å². The Hall–Kier alpha value is -1.14. The highest BCUT2D eigenvalue weighted by Gasteiger charge is 2.19. The van der Waals surface area contributed by atoms with E-state index in [2.05, 4.69) is 77.6 Å². The van der Waals surface area contributed by atoms with Crippen LogP contribution in [0.15, 0.2) is 12.1 Å². The minimum absolute atomic E-state index is 0.0757. The summed E-state index contributed by atoms with van der Waals surface area (Å²) in [6.07, 6.45) is 7.23. The van der Waals surface area contributed by atoms with Gasteiger partial charge in [-0.2, -0.15) is 0 Å². The van der Waals surface area contributed by atoms with Crippen molar-refractivity contribution in [2.45, 2.75) is 91.8 Å². The van der Waals surface area contributed by atoms with Crippen molar-refractivity contribution in [3.05, 3.63) is 28.8 Å². The van der Waals surface area contributed by atoms with Crippen LogP contribution in [-0.4, -0.2) is 68.8 Å². The van der Waals surface area contributed by atoms with E-state index in [-0.39, 0.29) is 11.7 Å².